The number of hydrogen-bond acceptors (Lipinski definition) is 3. The molecule has 0 atom stereocenters. The van der Waals surface area contributed by atoms with E-state index in [1.165, 1.54) is 0 Å². The monoisotopic (exact) mass is 324 g/mol. The van der Waals surface area contributed by atoms with E-state index in [-0.39, 0.29) is 6.54 Å². The number of benzene rings is 2. The first kappa shape index (κ1) is 16.5. The molecule has 0 aliphatic rings. The molecule has 0 unspecified atom stereocenters. The van der Waals surface area contributed by atoms with Crippen molar-refractivity contribution in [1.29, 1.82) is 0 Å². The zero-order valence-electron chi connectivity index (χ0n) is 11.6. The van der Waals surface area contributed by atoms with Gasteiger partial charge in [0.05, 0.1) is 10.5 Å². The van der Waals surface area contributed by atoms with E-state index in [4.69, 9.17) is 0 Å². The van der Waals surface area contributed by atoms with E-state index >= 15 is 0 Å². The van der Waals surface area contributed by atoms with Gasteiger partial charge in [0.25, 0.3) is 11.6 Å². The third-order valence-corrected chi connectivity index (χ3v) is 3.01. The lowest BCUT2D eigenvalue weighted by atomic mass is 10.1. The van der Waals surface area contributed by atoms with Gasteiger partial charge in [-0.2, -0.15) is 13.2 Å². The minimum absolute atomic E-state index is 0.101. The lowest BCUT2D eigenvalue weighted by molar-refractivity contribution is -0.385. The van der Waals surface area contributed by atoms with Crippen molar-refractivity contribution in [2.45, 2.75) is 12.7 Å². The molecule has 0 spiro atoms. The number of nitrogens with zero attached hydrogens (tertiary/aromatic N) is 1. The molecule has 0 saturated carbocycles. The fourth-order valence-electron chi connectivity index (χ4n) is 1.89. The predicted octanol–water partition coefficient (Wildman–Crippen LogP) is 3.54. The minimum atomic E-state index is -4.78. The maximum atomic E-state index is 12.8. The summed E-state index contributed by atoms with van der Waals surface area (Å²) < 4.78 is 38.3. The zero-order chi connectivity index (χ0) is 17.0. The molecule has 0 aliphatic carbocycles. The van der Waals surface area contributed by atoms with Crippen LogP contribution in [0.2, 0.25) is 0 Å². The molecule has 120 valence electrons. The molecular formula is C15H11F3N2O3. The maximum absolute atomic E-state index is 12.8. The molecule has 0 fully saturated rings. The fourth-order valence-corrected chi connectivity index (χ4v) is 1.89. The first-order valence-electron chi connectivity index (χ1n) is 6.46. The van der Waals surface area contributed by atoms with Crippen LogP contribution in [-0.2, 0) is 12.7 Å². The summed E-state index contributed by atoms with van der Waals surface area (Å²) in [7, 11) is 0. The Morgan fingerprint density at radius 2 is 1.78 bits per heavy atom. The average molecular weight is 324 g/mol. The molecule has 0 heterocycles. The van der Waals surface area contributed by atoms with E-state index < -0.39 is 33.8 Å². The van der Waals surface area contributed by atoms with Gasteiger partial charge in [-0.1, -0.05) is 30.3 Å². The second kappa shape index (κ2) is 6.47. The average Bonchev–Trinajstić information content (AvgIpc) is 2.52. The number of nitro benzene ring substituents is 1. The summed E-state index contributed by atoms with van der Waals surface area (Å²) >= 11 is 0. The fraction of sp³-hybridized carbons (Fsp3) is 0.133. The summed E-state index contributed by atoms with van der Waals surface area (Å²) in [5.74, 6) is -0.817. The summed E-state index contributed by atoms with van der Waals surface area (Å²) in [5.41, 5.74) is -1.69. The molecule has 0 aliphatic heterocycles. The third-order valence-electron chi connectivity index (χ3n) is 3.01. The molecule has 0 radical (unpaired) electrons. The van der Waals surface area contributed by atoms with Crippen LogP contribution in [0.25, 0.3) is 0 Å². The van der Waals surface area contributed by atoms with E-state index in [1.54, 1.807) is 30.3 Å². The van der Waals surface area contributed by atoms with Crippen molar-refractivity contribution < 1.29 is 22.9 Å². The number of carbonyl (C=O) groups excluding carboxylic acids is 1. The number of carbonyl (C=O) groups is 1. The SMILES string of the molecule is O=C(NCc1ccccc1)c1cc([N+](=O)[O-])cc(C(F)(F)F)c1. The Morgan fingerprint density at radius 1 is 1.13 bits per heavy atom. The van der Waals surface area contributed by atoms with Crippen LogP contribution in [0.1, 0.15) is 21.5 Å². The van der Waals surface area contributed by atoms with Crippen LogP contribution in [0.15, 0.2) is 48.5 Å². The standard InChI is InChI=1S/C15H11F3N2O3/c16-15(17,18)12-6-11(7-13(8-12)20(22)23)14(21)19-9-10-4-2-1-3-5-10/h1-8H,9H2,(H,19,21). The highest BCUT2D eigenvalue weighted by Crippen LogP contribution is 2.32. The first-order valence-corrected chi connectivity index (χ1v) is 6.46. The van der Waals surface area contributed by atoms with E-state index in [0.717, 1.165) is 11.6 Å². The van der Waals surface area contributed by atoms with Crippen LogP contribution in [-0.4, -0.2) is 10.8 Å². The predicted molar refractivity (Wildman–Crippen MR) is 75.7 cm³/mol. The molecule has 8 heteroatoms. The van der Waals surface area contributed by atoms with Crippen molar-refractivity contribution in [3.05, 3.63) is 75.3 Å². The second-order valence-corrected chi connectivity index (χ2v) is 4.69. The number of rotatable bonds is 4. The van der Waals surface area contributed by atoms with Gasteiger partial charge in [-0.3, -0.25) is 14.9 Å². The van der Waals surface area contributed by atoms with E-state index in [9.17, 15) is 28.1 Å². The van der Waals surface area contributed by atoms with Crippen molar-refractivity contribution >= 4 is 11.6 Å². The quantitative estimate of drug-likeness (QED) is 0.690. The summed E-state index contributed by atoms with van der Waals surface area (Å²) in [6.07, 6.45) is -4.78. The van der Waals surface area contributed by atoms with Crippen LogP contribution < -0.4 is 5.32 Å². The van der Waals surface area contributed by atoms with E-state index in [2.05, 4.69) is 5.32 Å². The van der Waals surface area contributed by atoms with Gasteiger partial charge in [0, 0.05) is 24.2 Å². The summed E-state index contributed by atoms with van der Waals surface area (Å²) in [6, 6.07) is 10.5. The van der Waals surface area contributed by atoms with Crippen molar-refractivity contribution in [2.24, 2.45) is 0 Å². The van der Waals surface area contributed by atoms with Gasteiger partial charge >= 0.3 is 6.18 Å². The van der Waals surface area contributed by atoms with Crippen LogP contribution in [0, 0.1) is 10.1 Å². The number of nitrogens with one attached hydrogen (secondary N) is 1. The summed E-state index contributed by atoms with van der Waals surface area (Å²) in [4.78, 5) is 21.7. The molecule has 1 N–H and O–H groups in total. The molecule has 0 aromatic heterocycles. The van der Waals surface area contributed by atoms with Gasteiger partial charge in [0.15, 0.2) is 0 Å². The Morgan fingerprint density at radius 3 is 2.35 bits per heavy atom. The smallest absolute Gasteiger partial charge is 0.348 e. The maximum Gasteiger partial charge on any atom is 0.416 e. The zero-order valence-corrected chi connectivity index (χ0v) is 11.6. The molecule has 5 nitrogen and oxygen atoms in total. The molecule has 0 bridgehead atoms. The van der Waals surface area contributed by atoms with Gasteiger partial charge in [-0.15, -0.1) is 0 Å². The number of amides is 1. The van der Waals surface area contributed by atoms with Crippen LogP contribution in [0.3, 0.4) is 0 Å². The highest BCUT2D eigenvalue weighted by Gasteiger charge is 2.33. The van der Waals surface area contributed by atoms with Crippen molar-refractivity contribution in [3.63, 3.8) is 0 Å². The third kappa shape index (κ3) is 4.29. The second-order valence-electron chi connectivity index (χ2n) is 4.69. The van der Waals surface area contributed by atoms with Gasteiger partial charge in [-0.05, 0) is 11.6 Å². The van der Waals surface area contributed by atoms with Gasteiger partial charge in [-0.25, -0.2) is 0 Å². The van der Waals surface area contributed by atoms with Gasteiger partial charge in [0.1, 0.15) is 0 Å². The molecule has 23 heavy (non-hydrogen) atoms. The van der Waals surface area contributed by atoms with E-state index in [0.29, 0.717) is 12.1 Å². The van der Waals surface area contributed by atoms with Gasteiger partial charge < -0.3 is 5.32 Å². The normalized spacial score (nSPS) is 11.1. The lowest BCUT2D eigenvalue weighted by Crippen LogP contribution is -2.23. The molecule has 2 aromatic carbocycles. The molecule has 2 aromatic rings. The topological polar surface area (TPSA) is 72.2 Å². The Labute approximate surface area is 128 Å². The lowest BCUT2D eigenvalue weighted by Gasteiger charge is -2.10. The van der Waals surface area contributed by atoms with Crippen LogP contribution in [0.5, 0.6) is 0 Å². The molecule has 1 amide bonds. The van der Waals surface area contributed by atoms with Crippen LogP contribution >= 0.6 is 0 Å². The molecule has 2 rings (SSSR count). The summed E-state index contributed by atoms with van der Waals surface area (Å²) in [6.45, 7) is 0.101. The van der Waals surface area contributed by atoms with E-state index in [1.807, 2.05) is 0 Å². The van der Waals surface area contributed by atoms with Crippen molar-refractivity contribution in [3.8, 4) is 0 Å². The number of alkyl halides is 3. The molecule has 0 saturated heterocycles. The summed E-state index contributed by atoms with van der Waals surface area (Å²) in [5, 5.41) is 13.2. The Hall–Kier alpha value is -2.90. The Kier molecular flexibility index (Phi) is 4.63. The largest absolute Gasteiger partial charge is 0.416 e. The molecular weight excluding hydrogens is 313 g/mol. The van der Waals surface area contributed by atoms with Crippen molar-refractivity contribution in [2.75, 3.05) is 0 Å². The van der Waals surface area contributed by atoms with Crippen LogP contribution in [0.4, 0.5) is 18.9 Å². The Balaban J connectivity index is 2.25. The number of halogens is 3. The number of nitro groups is 1. The minimum Gasteiger partial charge on any atom is -0.348 e. The number of hydrogen-bond donors (Lipinski definition) is 1. The highest BCUT2D eigenvalue weighted by molar-refractivity contribution is 5.95. The highest BCUT2D eigenvalue weighted by atomic mass is 19.4. The van der Waals surface area contributed by atoms with Gasteiger partial charge in [0.2, 0.25) is 0 Å². The number of non-ortho nitro benzene ring substituents is 1. The first-order chi connectivity index (χ1) is 10.8. The van der Waals surface area contributed by atoms with Crippen molar-refractivity contribution in [1.82, 2.24) is 5.32 Å². The Bertz CT molecular complexity index is 730.